The number of nitrogens with zero attached hydrogens (tertiary/aromatic N) is 1. The van der Waals surface area contributed by atoms with Crippen LogP contribution in [0.15, 0.2) is 71.0 Å². The SMILES string of the molecule is COC1=C(C)C(=O)C1(O)c1cn(S(=O)(=O)c2ccc(C)cc2)c2ccccc12. The maximum absolute atomic E-state index is 13.3. The number of ether oxygens (including phenoxy) is 1. The first-order valence-electron chi connectivity index (χ1n) is 8.68. The van der Waals surface area contributed by atoms with Crippen molar-refractivity contribution in [2.24, 2.45) is 0 Å². The maximum Gasteiger partial charge on any atom is 0.268 e. The largest absolute Gasteiger partial charge is 0.497 e. The molecule has 0 aliphatic heterocycles. The molecule has 1 aliphatic carbocycles. The van der Waals surface area contributed by atoms with Crippen molar-refractivity contribution < 1.29 is 23.1 Å². The average Bonchev–Trinajstić information content (AvgIpc) is 3.09. The summed E-state index contributed by atoms with van der Waals surface area (Å²) in [6.07, 6.45) is 1.31. The van der Waals surface area contributed by atoms with Gasteiger partial charge in [0.15, 0.2) is 0 Å². The number of carbonyl (C=O) groups is 1. The average molecular weight is 397 g/mol. The Bertz CT molecular complexity index is 1250. The summed E-state index contributed by atoms with van der Waals surface area (Å²) in [4.78, 5) is 12.6. The van der Waals surface area contributed by atoms with E-state index >= 15 is 0 Å². The van der Waals surface area contributed by atoms with E-state index in [4.69, 9.17) is 4.74 Å². The number of hydrogen-bond donors (Lipinski definition) is 1. The summed E-state index contributed by atoms with van der Waals surface area (Å²) in [7, 11) is -2.55. The molecular formula is C21H19NO5S. The van der Waals surface area contributed by atoms with Crippen LogP contribution in [-0.4, -0.2) is 30.4 Å². The lowest BCUT2D eigenvalue weighted by Gasteiger charge is -2.37. The van der Waals surface area contributed by atoms with Gasteiger partial charge in [-0.2, -0.15) is 0 Å². The molecule has 4 rings (SSSR count). The summed E-state index contributed by atoms with van der Waals surface area (Å²) in [5.74, 6) is -0.367. The number of hydrogen-bond acceptors (Lipinski definition) is 5. The van der Waals surface area contributed by atoms with E-state index in [0.29, 0.717) is 16.5 Å². The fraction of sp³-hybridized carbons (Fsp3) is 0.190. The van der Waals surface area contributed by atoms with Crippen molar-refractivity contribution >= 4 is 26.7 Å². The van der Waals surface area contributed by atoms with Crippen LogP contribution in [0, 0.1) is 6.92 Å². The number of para-hydroxylation sites is 1. The number of aryl methyl sites for hydroxylation is 1. The Morgan fingerprint density at radius 3 is 2.32 bits per heavy atom. The summed E-state index contributed by atoms with van der Waals surface area (Å²) >= 11 is 0. The van der Waals surface area contributed by atoms with E-state index < -0.39 is 21.4 Å². The van der Waals surface area contributed by atoms with Gasteiger partial charge in [0.25, 0.3) is 10.0 Å². The first-order valence-corrected chi connectivity index (χ1v) is 10.1. The molecule has 0 saturated heterocycles. The molecule has 2 aromatic carbocycles. The molecule has 144 valence electrons. The van der Waals surface area contributed by atoms with E-state index in [1.807, 2.05) is 6.92 Å². The first kappa shape index (κ1) is 18.5. The molecule has 28 heavy (non-hydrogen) atoms. The highest BCUT2D eigenvalue weighted by molar-refractivity contribution is 7.90. The third-order valence-electron chi connectivity index (χ3n) is 5.19. The molecule has 1 unspecified atom stereocenters. The summed E-state index contributed by atoms with van der Waals surface area (Å²) < 4.78 is 32.8. The van der Waals surface area contributed by atoms with E-state index in [2.05, 4.69) is 0 Å². The second-order valence-corrected chi connectivity index (χ2v) is 8.69. The van der Waals surface area contributed by atoms with Crippen LogP contribution in [0.4, 0.5) is 0 Å². The standard InChI is InChI=1S/C21H19NO5S/c1-13-8-10-15(11-9-13)28(25,26)22-12-17(16-6-4-5-7-18(16)22)21(24)19(23)14(2)20(21)27-3/h4-12,24H,1-3H3. The molecule has 1 N–H and O–H groups in total. The molecule has 0 saturated carbocycles. The molecule has 0 amide bonds. The number of rotatable bonds is 4. The third kappa shape index (κ3) is 2.30. The number of Topliss-reactive ketones (excluding diaryl/α,β-unsaturated/α-hetero) is 1. The zero-order chi connectivity index (χ0) is 20.3. The fourth-order valence-corrected chi connectivity index (χ4v) is 5.06. The molecule has 7 heteroatoms. The van der Waals surface area contributed by atoms with Gasteiger partial charge >= 0.3 is 0 Å². The van der Waals surface area contributed by atoms with Gasteiger partial charge < -0.3 is 9.84 Å². The molecule has 1 aliphatic rings. The zero-order valence-corrected chi connectivity index (χ0v) is 16.4. The molecule has 0 radical (unpaired) electrons. The van der Waals surface area contributed by atoms with Crippen molar-refractivity contribution in [1.29, 1.82) is 0 Å². The third-order valence-corrected chi connectivity index (χ3v) is 6.88. The van der Waals surface area contributed by atoms with Crippen LogP contribution in [0.25, 0.3) is 10.9 Å². The Kier molecular flexibility index (Phi) is 3.99. The van der Waals surface area contributed by atoms with Crippen molar-refractivity contribution in [2.45, 2.75) is 24.3 Å². The second-order valence-electron chi connectivity index (χ2n) is 6.87. The molecular weight excluding hydrogens is 378 g/mol. The quantitative estimate of drug-likeness (QED) is 0.732. The summed E-state index contributed by atoms with van der Waals surface area (Å²) in [6.45, 7) is 3.44. The number of methoxy groups -OCH3 is 1. The summed E-state index contributed by atoms with van der Waals surface area (Å²) in [5.41, 5.74) is -0.169. The minimum absolute atomic E-state index is 0.121. The number of benzene rings is 2. The lowest BCUT2D eigenvalue weighted by Crippen LogP contribution is -2.48. The van der Waals surface area contributed by atoms with Crippen molar-refractivity contribution in [3.05, 3.63) is 77.2 Å². The highest BCUT2D eigenvalue weighted by Gasteiger charge is 2.55. The van der Waals surface area contributed by atoms with E-state index in [1.165, 1.54) is 25.4 Å². The van der Waals surface area contributed by atoms with Crippen LogP contribution in [-0.2, 0) is 25.2 Å². The minimum atomic E-state index is -3.92. The molecule has 1 heterocycles. The van der Waals surface area contributed by atoms with Gasteiger partial charge in [0.05, 0.1) is 17.5 Å². The van der Waals surface area contributed by atoms with Crippen LogP contribution in [0.1, 0.15) is 18.1 Å². The van der Waals surface area contributed by atoms with Crippen LogP contribution in [0.5, 0.6) is 0 Å². The van der Waals surface area contributed by atoms with Crippen LogP contribution < -0.4 is 0 Å². The Morgan fingerprint density at radius 2 is 1.68 bits per heavy atom. The lowest BCUT2D eigenvalue weighted by atomic mass is 9.74. The van der Waals surface area contributed by atoms with Crippen molar-refractivity contribution in [1.82, 2.24) is 3.97 Å². The molecule has 0 fully saturated rings. The Labute approximate surface area is 162 Å². The first-order chi connectivity index (χ1) is 13.2. The van der Waals surface area contributed by atoms with Crippen molar-refractivity contribution in [2.75, 3.05) is 7.11 Å². The van der Waals surface area contributed by atoms with Gasteiger partial charge in [0.1, 0.15) is 5.76 Å². The van der Waals surface area contributed by atoms with Crippen molar-refractivity contribution in [3.63, 3.8) is 0 Å². The van der Waals surface area contributed by atoms with Crippen LogP contribution >= 0.6 is 0 Å². The molecule has 1 aromatic heterocycles. The maximum atomic E-state index is 13.3. The molecule has 3 aromatic rings. The van der Waals surface area contributed by atoms with E-state index in [0.717, 1.165) is 9.54 Å². The van der Waals surface area contributed by atoms with E-state index in [9.17, 15) is 18.3 Å². The van der Waals surface area contributed by atoms with Gasteiger partial charge in [-0.25, -0.2) is 12.4 Å². The smallest absolute Gasteiger partial charge is 0.268 e. The minimum Gasteiger partial charge on any atom is -0.497 e. The van der Waals surface area contributed by atoms with Crippen LogP contribution in [0.3, 0.4) is 0 Å². The van der Waals surface area contributed by atoms with Crippen molar-refractivity contribution in [3.8, 4) is 0 Å². The highest BCUT2D eigenvalue weighted by atomic mass is 32.2. The van der Waals surface area contributed by atoms with Gasteiger partial charge in [-0.1, -0.05) is 35.9 Å². The number of aliphatic hydroxyl groups is 1. The number of aromatic nitrogens is 1. The lowest BCUT2D eigenvalue weighted by molar-refractivity contribution is -0.140. The van der Waals surface area contributed by atoms with E-state index in [1.54, 1.807) is 43.3 Å². The number of ketones is 1. The normalized spacial score (nSPS) is 19.8. The molecule has 0 spiro atoms. The Morgan fingerprint density at radius 1 is 1.04 bits per heavy atom. The van der Waals surface area contributed by atoms with Crippen LogP contribution in [0.2, 0.25) is 0 Å². The molecule has 6 nitrogen and oxygen atoms in total. The summed E-state index contributed by atoms with van der Waals surface area (Å²) in [5, 5.41) is 11.6. The summed E-state index contributed by atoms with van der Waals surface area (Å²) in [6, 6.07) is 13.3. The van der Waals surface area contributed by atoms with Gasteiger partial charge in [0, 0.05) is 22.7 Å². The second kappa shape index (κ2) is 6.05. The van der Waals surface area contributed by atoms with Gasteiger partial charge in [-0.15, -0.1) is 0 Å². The van der Waals surface area contributed by atoms with E-state index in [-0.39, 0.29) is 16.2 Å². The molecule has 0 bridgehead atoms. The topological polar surface area (TPSA) is 85.6 Å². The van der Waals surface area contributed by atoms with Gasteiger partial charge in [-0.05, 0) is 32.0 Å². The predicted octanol–water partition coefficient (Wildman–Crippen LogP) is 2.88. The Balaban J connectivity index is 1.99. The van der Waals surface area contributed by atoms with Gasteiger partial charge in [-0.3, -0.25) is 4.79 Å². The highest BCUT2D eigenvalue weighted by Crippen LogP contribution is 2.46. The zero-order valence-electron chi connectivity index (χ0n) is 15.6. The fourth-order valence-electron chi connectivity index (χ4n) is 3.69. The number of carbonyl (C=O) groups excluding carboxylic acids is 1. The Hall–Kier alpha value is -2.90. The monoisotopic (exact) mass is 397 g/mol. The van der Waals surface area contributed by atoms with Gasteiger partial charge in [0.2, 0.25) is 11.4 Å². The number of fused-ring (bicyclic) bond motifs is 1. The molecule has 1 atom stereocenters. The predicted molar refractivity (Wildman–Crippen MR) is 104 cm³/mol.